The summed E-state index contributed by atoms with van der Waals surface area (Å²) in [6.07, 6.45) is 0.904. The first-order valence-corrected chi connectivity index (χ1v) is 14.7. The second-order valence-corrected chi connectivity index (χ2v) is 16.4. The van der Waals surface area contributed by atoms with Crippen LogP contribution < -0.4 is 0 Å². The molecular formula is C27H31BrF2N2O2Si. The number of ether oxygens (including phenoxy) is 1. The highest BCUT2D eigenvalue weighted by Crippen LogP contribution is 2.46. The first-order valence-electron chi connectivity index (χ1n) is 11.7. The van der Waals surface area contributed by atoms with Gasteiger partial charge in [0, 0.05) is 27.9 Å². The van der Waals surface area contributed by atoms with Crippen molar-refractivity contribution in [1.29, 1.82) is 5.26 Å². The lowest BCUT2D eigenvalue weighted by Gasteiger charge is -2.44. The number of nitrogens with zero attached hydrogens (tertiary/aromatic N) is 2. The van der Waals surface area contributed by atoms with Crippen molar-refractivity contribution < 1.29 is 18.3 Å². The summed E-state index contributed by atoms with van der Waals surface area (Å²) in [6, 6.07) is 9.08. The number of hydrogen-bond donors (Lipinski definition) is 0. The number of esters is 1. The summed E-state index contributed by atoms with van der Waals surface area (Å²) in [6.45, 7) is 14.7. The molecule has 0 aliphatic heterocycles. The Balaban J connectivity index is 2.32. The lowest BCUT2D eigenvalue weighted by molar-refractivity contribution is -0.144. The van der Waals surface area contributed by atoms with Crippen molar-refractivity contribution in [2.24, 2.45) is 0 Å². The van der Waals surface area contributed by atoms with Gasteiger partial charge >= 0.3 is 5.97 Å². The Bertz CT molecular complexity index is 1290. The molecule has 0 N–H and O–H groups in total. The zero-order chi connectivity index (χ0) is 26.2. The molecule has 4 nitrogen and oxygen atoms in total. The van der Waals surface area contributed by atoms with Crippen LogP contribution in [0.25, 0.3) is 10.9 Å². The SMILES string of the molecule is CC(=O)OC(c1ccc(F)c(C#N)c1)c1c(F)cc2c(ccn2[Si](C(C)C)(C(C)C)C(C)C)c1Br. The molecule has 1 aromatic heterocycles. The Morgan fingerprint density at radius 2 is 1.63 bits per heavy atom. The average Bonchev–Trinajstić information content (AvgIpc) is 3.17. The van der Waals surface area contributed by atoms with Crippen LogP contribution in [0.3, 0.4) is 0 Å². The highest BCUT2D eigenvalue weighted by atomic mass is 79.9. The highest BCUT2D eigenvalue weighted by molar-refractivity contribution is 9.10. The molecule has 0 amide bonds. The summed E-state index contributed by atoms with van der Waals surface area (Å²) in [5.74, 6) is -1.85. The minimum atomic E-state index is -2.15. The minimum absolute atomic E-state index is 0.131. The van der Waals surface area contributed by atoms with Crippen molar-refractivity contribution in [2.75, 3.05) is 0 Å². The van der Waals surface area contributed by atoms with Crippen LogP contribution in [0.1, 0.15) is 71.3 Å². The van der Waals surface area contributed by atoms with Crippen LogP contribution in [0.5, 0.6) is 0 Å². The number of carbonyl (C=O) groups is 1. The van der Waals surface area contributed by atoms with E-state index in [-0.39, 0.29) is 11.1 Å². The fourth-order valence-electron chi connectivity index (χ4n) is 5.89. The molecule has 0 aliphatic carbocycles. The number of nitriles is 1. The second-order valence-electron chi connectivity index (χ2n) is 9.90. The molecular weight excluding hydrogens is 530 g/mol. The number of carbonyl (C=O) groups excluding carboxylic acids is 1. The van der Waals surface area contributed by atoms with E-state index in [0.717, 1.165) is 17.0 Å². The van der Waals surface area contributed by atoms with Crippen molar-refractivity contribution in [1.82, 2.24) is 4.23 Å². The van der Waals surface area contributed by atoms with Gasteiger partial charge in [0.1, 0.15) is 17.7 Å². The molecule has 1 heterocycles. The zero-order valence-corrected chi connectivity index (χ0v) is 23.7. The van der Waals surface area contributed by atoms with Gasteiger partial charge in [0.2, 0.25) is 0 Å². The monoisotopic (exact) mass is 560 g/mol. The van der Waals surface area contributed by atoms with Crippen molar-refractivity contribution in [2.45, 2.75) is 71.2 Å². The van der Waals surface area contributed by atoms with Crippen LogP contribution in [0.4, 0.5) is 8.78 Å². The molecule has 0 fully saturated rings. The normalized spacial score (nSPS) is 13.0. The molecule has 0 saturated heterocycles. The molecule has 35 heavy (non-hydrogen) atoms. The summed E-state index contributed by atoms with van der Waals surface area (Å²) < 4.78 is 38.2. The van der Waals surface area contributed by atoms with Gasteiger partial charge in [0.05, 0.1) is 5.56 Å². The molecule has 3 aromatic rings. The smallest absolute Gasteiger partial charge is 0.303 e. The highest BCUT2D eigenvalue weighted by Gasteiger charge is 2.46. The fraction of sp³-hybridized carbons (Fsp3) is 0.407. The number of fused-ring (bicyclic) bond motifs is 1. The minimum Gasteiger partial charge on any atom is -0.453 e. The van der Waals surface area contributed by atoms with E-state index in [1.54, 1.807) is 6.07 Å². The van der Waals surface area contributed by atoms with Gasteiger partial charge in [-0.25, -0.2) is 8.78 Å². The Labute approximate surface area is 215 Å². The van der Waals surface area contributed by atoms with E-state index in [2.05, 4.69) is 67.9 Å². The maximum absolute atomic E-state index is 15.9. The number of hydrogen-bond acceptors (Lipinski definition) is 3. The summed E-state index contributed by atoms with van der Waals surface area (Å²) in [5.41, 5.74) is 2.27. The Morgan fingerprint density at radius 1 is 1.03 bits per heavy atom. The van der Waals surface area contributed by atoms with Gasteiger partial charge in [-0.1, -0.05) is 47.6 Å². The third-order valence-corrected chi connectivity index (χ3v) is 14.7. The quantitative estimate of drug-likeness (QED) is 0.216. The van der Waals surface area contributed by atoms with E-state index < -0.39 is 31.9 Å². The van der Waals surface area contributed by atoms with Gasteiger partial charge in [-0.15, -0.1) is 0 Å². The van der Waals surface area contributed by atoms with Crippen molar-refractivity contribution in [3.63, 3.8) is 0 Å². The van der Waals surface area contributed by atoms with E-state index in [1.807, 2.05) is 6.07 Å². The number of benzene rings is 2. The van der Waals surface area contributed by atoms with E-state index in [9.17, 15) is 14.4 Å². The molecule has 2 aromatic carbocycles. The molecule has 1 atom stereocenters. The number of rotatable bonds is 7. The first kappa shape index (κ1) is 27.1. The van der Waals surface area contributed by atoms with Gasteiger partial charge in [-0.3, -0.25) is 4.79 Å². The maximum Gasteiger partial charge on any atom is 0.303 e. The Kier molecular flexibility index (Phi) is 7.92. The molecule has 0 saturated carbocycles. The third kappa shape index (κ3) is 4.56. The van der Waals surface area contributed by atoms with E-state index >= 15 is 4.39 Å². The second kappa shape index (κ2) is 10.2. The number of aromatic nitrogens is 1. The van der Waals surface area contributed by atoms with Gasteiger partial charge in [0.15, 0.2) is 14.3 Å². The Hall–Kier alpha value is -2.50. The molecule has 0 radical (unpaired) electrons. The lowest BCUT2D eigenvalue weighted by Crippen LogP contribution is -2.51. The third-order valence-electron chi connectivity index (χ3n) is 7.07. The molecule has 0 spiro atoms. The van der Waals surface area contributed by atoms with Crippen LogP contribution in [-0.4, -0.2) is 18.4 Å². The predicted molar refractivity (Wildman–Crippen MR) is 141 cm³/mol. The van der Waals surface area contributed by atoms with Crippen LogP contribution in [-0.2, 0) is 9.53 Å². The van der Waals surface area contributed by atoms with Crippen LogP contribution in [0.2, 0.25) is 16.6 Å². The average molecular weight is 562 g/mol. The molecule has 186 valence electrons. The molecule has 0 aliphatic rings. The fourth-order valence-corrected chi connectivity index (χ4v) is 13.2. The van der Waals surface area contributed by atoms with Crippen molar-refractivity contribution in [3.05, 3.63) is 69.3 Å². The van der Waals surface area contributed by atoms with Gasteiger partial charge < -0.3 is 8.97 Å². The van der Waals surface area contributed by atoms with Gasteiger partial charge in [0.25, 0.3) is 0 Å². The molecule has 3 rings (SSSR count). The van der Waals surface area contributed by atoms with Crippen molar-refractivity contribution >= 4 is 41.0 Å². The first-order chi connectivity index (χ1) is 16.4. The lowest BCUT2D eigenvalue weighted by atomic mass is 9.97. The summed E-state index contributed by atoms with van der Waals surface area (Å²) in [4.78, 5) is 12.0. The number of halogens is 3. The predicted octanol–water partition coefficient (Wildman–Crippen LogP) is 8.23. The van der Waals surface area contributed by atoms with Crippen LogP contribution in [0, 0.1) is 23.0 Å². The molecule has 1 unspecified atom stereocenters. The molecule has 0 bridgehead atoms. The summed E-state index contributed by atoms with van der Waals surface area (Å²) in [7, 11) is -2.15. The van der Waals surface area contributed by atoms with E-state index in [0.29, 0.717) is 26.7 Å². The van der Waals surface area contributed by atoms with Gasteiger partial charge in [-0.2, -0.15) is 5.26 Å². The largest absolute Gasteiger partial charge is 0.453 e. The van der Waals surface area contributed by atoms with Crippen LogP contribution >= 0.6 is 15.9 Å². The summed E-state index contributed by atoms with van der Waals surface area (Å²) >= 11 is 3.59. The Morgan fingerprint density at radius 3 is 2.14 bits per heavy atom. The van der Waals surface area contributed by atoms with Crippen LogP contribution in [0.15, 0.2) is 41.0 Å². The van der Waals surface area contributed by atoms with Crippen molar-refractivity contribution in [3.8, 4) is 6.07 Å². The standard InChI is InChI=1S/C27H31BrF2N2O2Si/c1-15(2)35(16(3)4,17(5)6)32-11-10-21-24(32)13-23(30)25(26(21)28)27(34-18(7)33)19-8-9-22(29)20(12-19)14-31/h8-13,15-17,27H,1-7H3. The van der Waals surface area contributed by atoms with E-state index in [4.69, 9.17) is 4.74 Å². The van der Waals surface area contributed by atoms with Gasteiger partial charge in [-0.05, 0) is 68.6 Å². The van der Waals surface area contributed by atoms with E-state index in [1.165, 1.54) is 25.1 Å². The topological polar surface area (TPSA) is 55.0 Å². The maximum atomic E-state index is 15.9. The molecule has 8 heteroatoms. The zero-order valence-electron chi connectivity index (χ0n) is 21.1. The summed E-state index contributed by atoms with van der Waals surface area (Å²) in [5, 5.41) is 10.1.